The number of amides is 2. The first kappa shape index (κ1) is 23.1. The fourth-order valence-corrected chi connectivity index (χ4v) is 4.78. The summed E-state index contributed by atoms with van der Waals surface area (Å²) < 4.78 is 55.3. The maximum absolute atomic E-state index is 15.4. The molecule has 1 heterocycles. The first-order chi connectivity index (χ1) is 14.6. The third kappa shape index (κ3) is 5.40. The van der Waals surface area contributed by atoms with Gasteiger partial charge in [0.1, 0.15) is 11.6 Å². The Kier molecular flexibility index (Phi) is 6.96. The number of carbonyl (C=O) groups excluding carboxylic acids is 1. The van der Waals surface area contributed by atoms with Crippen molar-refractivity contribution in [3.05, 3.63) is 59.7 Å². The fourth-order valence-electron chi connectivity index (χ4n) is 3.95. The molecule has 0 saturated carbocycles. The molecule has 3 rings (SSSR count). The van der Waals surface area contributed by atoms with Gasteiger partial charge in [-0.25, -0.2) is 26.7 Å². The van der Waals surface area contributed by atoms with Gasteiger partial charge < -0.3 is 9.80 Å². The smallest absolute Gasteiger partial charge is 0.320 e. The quantitative estimate of drug-likeness (QED) is 0.733. The van der Waals surface area contributed by atoms with Crippen molar-refractivity contribution in [1.29, 1.82) is 0 Å². The Hall–Kier alpha value is -2.52. The van der Waals surface area contributed by atoms with Crippen LogP contribution in [0.4, 0.5) is 13.6 Å². The van der Waals surface area contributed by atoms with E-state index in [4.69, 9.17) is 0 Å². The lowest BCUT2D eigenvalue weighted by Crippen LogP contribution is -2.50. The summed E-state index contributed by atoms with van der Waals surface area (Å²) in [6.45, 7) is 2.71. The van der Waals surface area contributed by atoms with Gasteiger partial charge >= 0.3 is 6.03 Å². The minimum Gasteiger partial charge on any atom is -0.328 e. The minimum absolute atomic E-state index is 0.130. The molecule has 9 heteroatoms. The average Bonchev–Trinajstić information content (AvgIpc) is 3.08. The number of rotatable bonds is 6. The van der Waals surface area contributed by atoms with Crippen molar-refractivity contribution < 1.29 is 22.0 Å². The van der Waals surface area contributed by atoms with Gasteiger partial charge in [-0.3, -0.25) is 0 Å². The molecule has 1 N–H and O–H groups in total. The summed E-state index contributed by atoms with van der Waals surface area (Å²) in [5, 5.41) is 0. The van der Waals surface area contributed by atoms with Gasteiger partial charge in [-0.15, -0.1) is 0 Å². The molecular weight excluding hydrogens is 424 g/mol. The Labute approximate surface area is 181 Å². The molecule has 1 saturated heterocycles. The molecule has 31 heavy (non-hydrogen) atoms. The van der Waals surface area contributed by atoms with E-state index in [1.54, 1.807) is 36.2 Å². The summed E-state index contributed by atoms with van der Waals surface area (Å²) in [6, 6.07) is 9.25. The normalized spacial score (nSPS) is 18.9. The molecule has 2 atom stereocenters. The standard InChI is InChI=1S/C22H27F2N3O3S/c1-4-26(2)22(28)27-12-11-19(25-31(3,29)30)20(27)14-16-8-6-10-18(21(16)24)15-7-5-9-17(23)13-15/h5-10,13,19-20,25H,4,11-12,14H2,1-3H3/t19-,20-/m0/s1. The summed E-state index contributed by atoms with van der Waals surface area (Å²) in [7, 11) is -1.84. The predicted octanol–water partition coefficient (Wildman–Crippen LogP) is 3.24. The zero-order valence-electron chi connectivity index (χ0n) is 17.8. The van der Waals surface area contributed by atoms with Gasteiger partial charge in [0.25, 0.3) is 0 Å². The molecule has 0 aromatic heterocycles. The molecule has 6 nitrogen and oxygen atoms in total. The minimum atomic E-state index is -3.51. The second-order valence-corrected chi connectivity index (χ2v) is 9.62. The largest absolute Gasteiger partial charge is 0.328 e. The van der Waals surface area contributed by atoms with Crippen LogP contribution < -0.4 is 4.72 Å². The van der Waals surface area contributed by atoms with E-state index in [0.29, 0.717) is 30.6 Å². The van der Waals surface area contributed by atoms with Gasteiger partial charge in [0, 0.05) is 31.7 Å². The zero-order chi connectivity index (χ0) is 22.8. The molecule has 1 aliphatic heterocycles. The third-order valence-electron chi connectivity index (χ3n) is 5.60. The molecule has 2 aromatic rings. The van der Waals surface area contributed by atoms with Crippen molar-refractivity contribution in [3.8, 4) is 11.1 Å². The summed E-state index contributed by atoms with van der Waals surface area (Å²) in [5.74, 6) is -0.968. The summed E-state index contributed by atoms with van der Waals surface area (Å²) >= 11 is 0. The van der Waals surface area contributed by atoms with E-state index >= 15 is 4.39 Å². The van der Waals surface area contributed by atoms with E-state index in [2.05, 4.69) is 4.72 Å². The molecule has 0 radical (unpaired) electrons. The molecule has 1 fully saturated rings. The van der Waals surface area contributed by atoms with E-state index in [-0.39, 0.29) is 18.0 Å². The molecule has 0 unspecified atom stereocenters. The van der Waals surface area contributed by atoms with Crippen LogP contribution in [-0.2, 0) is 16.4 Å². The highest BCUT2D eigenvalue weighted by Gasteiger charge is 2.39. The third-order valence-corrected chi connectivity index (χ3v) is 6.33. The van der Waals surface area contributed by atoms with Crippen molar-refractivity contribution in [2.45, 2.75) is 31.8 Å². The Bertz CT molecular complexity index is 1060. The molecule has 2 amide bonds. The Morgan fingerprint density at radius 1 is 1.23 bits per heavy atom. The lowest BCUT2D eigenvalue weighted by Gasteiger charge is -2.31. The van der Waals surface area contributed by atoms with Crippen LogP contribution in [0.25, 0.3) is 11.1 Å². The van der Waals surface area contributed by atoms with Gasteiger partial charge in [-0.05, 0) is 43.0 Å². The maximum atomic E-state index is 15.4. The van der Waals surface area contributed by atoms with Crippen LogP contribution in [0.15, 0.2) is 42.5 Å². The molecule has 0 bridgehead atoms. The number of likely N-dealkylation sites (tertiary alicyclic amines) is 1. The molecule has 1 aliphatic rings. The summed E-state index contributed by atoms with van der Waals surface area (Å²) in [6.07, 6.45) is 1.63. The second kappa shape index (κ2) is 9.32. The van der Waals surface area contributed by atoms with Crippen molar-refractivity contribution in [2.24, 2.45) is 0 Å². The van der Waals surface area contributed by atoms with E-state index in [9.17, 15) is 17.6 Å². The zero-order valence-corrected chi connectivity index (χ0v) is 18.6. The van der Waals surface area contributed by atoms with Crippen LogP contribution in [-0.4, -0.2) is 62.7 Å². The first-order valence-corrected chi connectivity index (χ1v) is 12.0. The number of hydrogen-bond acceptors (Lipinski definition) is 3. The molecule has 0 aliphatic carbocycles. The molecular formula is C22H27F2N3O3S. The van der Waals surface area contributed by atoms with Crippen LogP contribution >= 0.6 is 0 Å². The highest BCUT2D eigenvalue weighted by atomic mass is 32.2. The van der Waals surface area contributed by atoms with Crippen molar-refractivity contribution in [2.75, 3.05) is 26.4 Å². The first-order valence-electron chi connectivity index (χ1n) is 10.1. The van der Waals surface area contributed by atoms with Crippen LogP contribution in [0.2, 0.25) is 0 Å². The highest BCUT2D eigenvalue weighted by molar-refractivity contribution is 7.88. The number of hydrogen-bond donors (Lipinski definition) is 1. The van der Waals surface area contributed by atoms with Crippen LogP contribution in [0.5, 0.6) is 0 Å². The Morgan fingerprint density at radius 2 is 1.94 bits per heavy atom. The van der Waals surface area contributed by atoms with Gasteiger partial charge in [0.15, 0.2) is 0 Å². The van der Waals surface area contributed by atoms with Crippen molar-refractivity contribution >= 4 is 16.1 Å². The summed E-state index contributed by atoms with van der Waals surface area (Å²) in [4.78, 5) is 16.0. The Balaban J connectivity index is 1.95. The van der Waals surface area contributed by atoms with E-state index in [1.165, 1.54) is 23.1 Å². The number of halogens is 2. The van der Waals surface area contributed by atoms with Crippen molar-refractivity contribution in [3.63, 3.8) is 0 Å². The highest BCUT2D eigenvalue weighted by Crippen LogP contribution is 2.29. The van der Waals surface area contributed by atoms with E-state index in [1.807, 2.05) is 6.92 Å². The number of nitrogens with zero attached hydrogens (tertiary/aromatic N) is 2. The van der Waals surface area contributed by atoms with Gasteiger partial charge in [0.2, 0.25) is 10.0 Å². The van der Waals surface area contributed by atoms with Gasteiger partial charge in [-0.2, -0.15) is 0 Å². The number of nitrogens with one attached hydrogen (secondary N) is 1. The average molecular weight is 452 g/mol. The predicted molar refractivity (Wildman–Crippen MR) is 116 cm³/mol. The Morgan fingerprint density at radius 3 is 2.58 bits per heavy atom. The lowest BCUT2D eigenvalue weighted by molar-refractivity contribution is 0.156. The topological polar surface area (TPSA) is 69.7 Å². The van der Waals surface area contributed by atoms with Gasteiger partial charge in [-0.1, -0.05) is 30.3 Å². The second-order valence-electron chi connectivity index (χ2n) is 7.84. The monoisotopic (exact) mass is 451 g/mol. The SMILES string of the molecule is CCN(C)C(=O)N1CC[C@H](NS(C)(=O)=O)[C@@H]1Cc1cccc(-c2cccc(F)c2)c1F. The number of carbonyl (C=O) groups is 1. The number of urea groups is 1. The maximum Gasteiger partial charge on any atom is 0.320 e. The van der Waals surface area contributed by atoms with Crippen LogP contribution in [0.3, 0.4) is 0 Å². The molecule has 168 valence electrons. The lowest BCUT2D eigenvalue weighted by atomic mass is 9.96. The number of sulfonamides is 1. The number of benzene rings is 2. The molecule has 2 aromatic carbocycles. The van der Waals surface area contributed by atoms with E-state index < -0.39 is 33.7 Å². The van der Waals surface area contributed by atoms with Gasteiger partial charge in [0.05, 0.1) is 12.3 Å². The van der Waals surface area contributed by atoms with Crippen LogP contribution in [0.1, 0.15) is 18.9 Å². The van der Waals surface area contributed by atoms with Crippen molar-refractivity contribution in [1.82, 2.24) is 14.5 Å². The fraction of sp³-hybridized carbons (Fsp3) is 0.409. The summed E-state index contributed by atoms with van der Waals surface area (Å²) in [5.41, 5.74) is 1.01. The molecule has 0 spiro atoms. The van der Waals surface area contributed by atoms with Crippen LogP contribution in [0, 0.1) is 11.6 Å². The van der Waals surface area contributed by atoms with E-state index in [0.717, 1.165) is 6.26 Å².